The van der Waals surface area contributed by atoms with Crippen LogP contribution in [0.3, 0.4) is 0 Å². The van der Waals surface area contributed by atoms with Gasteiger partial charge in [0.1, 0.15) is 0 Å². The van der Waals surface area contributed by atoms with Crippen LogP contribution in [0, 0.1) is 5.92 Å². The molecule has 0 aromatic heterocycles. The summed E-state index contributed by atoms with van der Waals surface area (Å²) in [5, 5.41) is 0. The van der Waals surface area contributed by atoms with Gasteiger partial charge in [-0.3, -0.25) is 0 Å². The zero-order chi connectivity index (χ0) is 18.2. The predicted molar refractivity (Wildman–Crippen MR) is 99.3 cm³/mol. The summed E-state index contributed by atoms with van der Waals surface area (Å²) in [6.45, 7) is 1.45. The summed E-state index contributed by atoms with van der Waals surface area (Å²) in [4.78, 5) is 12.1. The summed E-state index contributed by atoms with van der Waals surface area (Å²) in [6, 6.07) is 20.0. The van der Waals surface area contributed by atoms with E-state index >= 15 is 0 Å². The highest BCUT2D eigenvalue weighted by atomic mass is 16.5. The molecule has 4 nitrogen and oxygen atoms in total. The second-order valence-electron chi connectivity index (χ2n) is 6.33. The molecule has 0 unspecified atom stereocenters. The van der Waals surface area contributed by atoms with E-state index in [1.54, 1.807) is 0 Å². The van der Waals surface area contributed by atoms with Crippen molar-refractivity contribution in [2.75, 3.05) is 13.7 Å². The van der Waals surface area contributed by atoms with Crippen molar-refractivity contribution in [3.63, 3.8) is 0 Å². The molecule has 0 heterocycles. The molecule has 0 saturated carbocycles. The summed E-state index contributed by atoms with van der Waals surface area (Å²) in [6.07, 6.45) is 2.52. The number of hydrogen-bond donors (Lipinski definition) is 0. The van der Waals surface area contributed by atoms with Gasteiger partial charge in [-0.05, 0) is 17.5 Å². The Morgan fingerprint density at radius 3 is 2.19 bits per heavy atom. The topological polar surface area (TPSA) is 44.8 Å². The highest BCUT2D eigenvalue weighted by Gasteiger charge is 2.35. The highest BCUT2D eigenvalue weighted by Crippen LogP contribution is 2.31. The third-order valence-electron chi connectivity index (χ3n) is 4.56. The third kappa shape index (κ3) is 4.81. The van der Waals surface area contributed by atoms with E-state index in [-0.39, 0.29) is 18.0 Å². The van der Waals surface area contributed by atoms with Crippen LogP contribution in [0.5, 0.6) is 0 Å². The Hall–Kier alpha value is -2.43. The maximum absolute atomic E-state index is 12.1. The van der Waals surface area contributed by atoms with Crippen LogP contribution >= 0.6 is 0 Å². The number of esters is 1. The Kier molecular flexibility index (Phi) is 6.58. The molecule has 0 radical (unpaired) electrons. The van der Waals surface area contributed by atoms with Crippen LogP contribution in [0.15, 0.2) is 72.3 Å². The van der Waals surface area contributed by atoms with Crippen LogP contribution in [0.4, 0.5) is 0 Å². The van der Waals surface area contributed by atoms with E-state index in [4.69, 9.17) is 14.2 Å². The van der Waals surface area contributed by atoms with Crippen LogP contribution < -0.4 is 0 Å². The predicted octanol–water partition coefficient (Wildman–Crippen LogP) is 3.91. The van der Waals surface area contributed by atoms with Gasteiger partial charge in [0.05, 0.1) is 33.0 Å². The van der Waals surface area contributed by atoms with Crippen LogP contribution in [0.25, 0.3) is 0 Å². The van der Waals surface area contributed by atoms with Gasteiger partial charge in [0.25, 0.3) is 0 Å². The summed E-state index contributed by atoms with van der Waals surface area (Å²) in [7, 11) is 1.41. The van der Waals surface area contributed by atoms with Crippen molar-refractivity contribution in [3.8, 4) is 0 Å². The lowest BCUT2D eigenvalue weighted by Crippen LogP contribution is -2.28. The highest BCUT2D eigenvalue weighted by molar-refractivity contribution is 5.89. The summed E-state index contributed by atoms with van der Waals surface area (Å²) in [5.41, 5.74) is 2.87. The standard InChI is InChI=1S/C22H24O4/c1-24-22(23)19-12-13-21(26-15-18-10-6-3-7-11-18)20(19)16-25-14-17-8-4-2-5-9-17/h2-12,20-21H,13-16H2,1H3/t20-,21-/m0/s1. The van der Waals surface area contributed by atoms with Crippen molar-refractivity contribution in [3.05, 3.63) is 83.4 Å². The van der Waals surface area contributed by atoms with E-state index in [0.29, 0.717) is 31.8 Å². The number of carbonyl (C=O) groups excluding carboxylic acids is 1. The molecule has 4 heteroatoms. The maximum Gasteiger partial charge on any atom is 0.333 e. The Balaban J connectivity index is 1.59. The van der Waals surface area contributed by atoms with Gasteiger partial charge in [-0.15, -0.1) is 0 Å². The molecule has 136 valence electrons. The summed E-state index contributed by atoms with van der Waals surface area (Å²) >= 11 is 0. The monoisotopic (exact) mass is 352 g/mol. The fourth-order valence-electron chi connectivity index (χ4n) is 3.15. The third-order valence-corrected chi connectivity index (χ3v) is 4.56. The van der Waals surface area contributed by atoms with Crippen molar-refractivity contribution >= 4 is 5.97 Å². The molecule has 2 aromatic rings. The first-order chi connectivity index (χ1) is 12.8. The van der Waals surface area contributed by atoms with Crippen LogP contribution in [-0.2, 0) is 32.2 Å². The molecule has 0 bridgehead atoms. The van der Waals surface area contributed by atoms with Gasteiger partial charge in [-0.2, -0.15) is 0 Å². The Morgan fingerprint density at radius 1 is 0.962 bits per heavy atom. The average Bonchev–Trinajstić information content (AvgIpc) is 3.10. The van der Waals surface area contributed by atoms with Crippen LogP contribution in [0.1, 0.15) is 17.5 Å². The van der Waals surface area contributed by atoms with E-state index in [1.807, 2.05) is 66.7 Å². The molecule has 1 aliphatic rings. The van der Waals surface area contributed by atoms with Crippen molar-refractivity contribution in [1.29, 1.82) is 0 Å². The van der Waals surface area contributed by atoms with Crippen molar-refractivity contribution in [1.82, 2.24) is 0 Å². The number of ether oxygens (including phenoxy) is 3. The molecule has 0 fully saturated rings. The van der Waals surface area contributed by atoms with E-state index < -0.39 is 0 Å². The zero-order valence-electron chi connectivity index (χ0n) is 15.0. The maximum atomic E-state index is 12.1. The quantitative estimate of drug-likeness (QED) is 0.676. The SMILES string of the molecule is COC(=O)C1=CC[C@H](OCc2ccccc2)[C@H]1COCc1ccccc1. The molecule has 0 spiro atoms. The molecule has 2 aromatic carbocycles. The normalized spacial score (nSPS) is 19.2. The second kappa shape index (κ2) is 9.32. The molecular formula is C22H24O4. The van der Waals surface area contributed by atoms with Crippen LogP contribution in [0.2, 0.25) is 0 Å². The summed E-state index contributed by atoms with van der Waals surface area (Å²) in [5.74, 6) is -0.418. The second-order valence-corrected chi connectivity index (χ2v) is 6.33. The van der Waals surface area contributed by atoms with E-state index in [1.165, 1.54) is 7.11 Å². The van der Waals surface area contributed by atoms with Crippen molar-refractivity contribution in [2.45, 2.75) is 25.7 Å². The number of methoxy groups -OCH3 is 1. The van der Waals surface area contributed by atoms with Gasteiger partial charge >= 0.3 is 5.97 Å². The van der Waals surface area contributed by atoms with Crippen molar-refractivity contribution in [2.24, 2.45) is 5.92 Å². The van der Waals surface area contributed by atoms with Gasteiger partial charge in [-0.1, -0.05) is 66.7 Å². The molecule has 3 rings (SSSR count). The first-order valence-electron chi connectivity index (χ1n) is 8.83. The van der Waals surface area contributed by atoms with Gasteiger partial charge in [0, 0.05) is 11.5 Å². The molecule has 26 heavy (non-hydrogen) atoms. The minimum absolute atomic E-state index is 0.0833. The lowest BCUT2D eigenvalue weighted by Gasteiger charge is -2.22. The molecular weight excluding hydrogens is 328 g/mol. The van der Waals surface area contributed by atoms with Crippen LogP contribution in [-0.4, -0.2) is 25.8 Å². The molecule has 0 saturated heterocycles. The fourth-order valence-corrected chi connectivity index (χ4v) is 3.15. The number of hydrogen-bond acceptors (Lipinski definition) is 4. The lowest BCUT2D eigenvalue weighted by atomic mass is 10.00. The zero-order valence-corrected chi connectivity index (χ0v) is 15.0. The first-order valence-corrected chi connectivity index (χ1v) is 8.83. The smallest absolute Gasteiger partial charge is 0.333 e. The molecule has 0 amide bonds. The fraction of sp³-hybridized carbons (Fsp3) is 0.318. The van der Waals surface area contributed by atoms with Gasteiger partial charge in [-0.25, -0.2) is 4.79 Å². The summed E-state index contributed by atoms with van der Waals surface area (Å²) < 4.78 is 16.9. The Labute approximate surface area is 154 Å². The van der Waals surface area contributed by atoms with E-state index in [9.17, 15) is 4.79 Å². The number of carbonyl (C=O) groups is 1. The Bertz CT molecular complexity index is 724. The largest absolute Gasteiger partial charge is 0.466 e. The molecule has 0 aliphatic heterocycles. The van der Waals surface area contributed by atoms with E-state index in [0.717, 1.165) is 11.1 Å². The van der Waals surface area contributed by atoms with Gasteiger partial charge < -0.3 is 14.2 Å². The molecule has 1 aliphatic carbocycles. The Morgan fingerprint density at radius 2 is 1.58 bits per heavy atom. The van der Waals surface area contributed by atoms with Crippen molar-refractivity contribution < 1.29 is 19.0 Å². The molecule has 2 atom stereocenters. The molecule has 0 N–H and O–H groups in total. The van der Waals surface area contributed by atoms with Gasteiger partial charge in [0.2, 0.25) is 0 Å². The first kappa shape index (κ1) is 18.4. The van der Waals surface area contributed by atoms with Gasteiger partial charge in [0.15, 0.2) is 0 Å². The lowest BCUT2D eigenvalue weighted by molar-refractivity contribution is -0.137. The number of benzene rings is 2. The van der Waals surface area contributed by atoms with E-state index in [2.05, 4.69) is 0 Å². The minimum atomic E-state index is -0.302. The average molecular weight is 352 g/mol. The number of rotatable bonds is 8. The minimum Gasteiger partial charge on any atom is -0.466 e.